The van der Waals surface area contributed by atoms with Gasteiger partial charge in [0.2, 0.25) is 5.91 Å². The Morgan fingerprint density at radius 2 is 1.10 bits per heavy atom. The quantitative estimate of drug-likeness (QED) is 0.0978. The number of imide groups is 2. The molecule has 0 aromatic carbocycles. The van der Waals surface area contributed by atoms with Crippen molar-refractivity contribution in [3.63, 3.8) is 0 Å². The van der Waals surface area contributed by atoms with Gasteiger partial charge in [0.25, 0.3) is 23.6 Å². The molecule has 0 unspecified atom stereocenters. The molecule has 1 saturated heterocycles. The first-order valence-electron chi connectivity index (χ1n) is 13.2. The molecular formula is C25H37N3O13. The van der Waals surface area contributed by atoms with Gasteiger partial charge >= 0.3 is 5.97 Å². The zero-order valence-electron chi connectivity index (χ0n) is 22.9. The van der Waals surface area contributed by atoms with Gasteiger partial charge in [0.15, 0.2) is 0 Å². The third-order valence-corrected chi connectivity index (χ3v) is 5.31. The normalized spacial score (nSPS) is 14.9. The highest BCUT2D eigenvalue weighted by molar-refractivity contribution is 6.13. The number of hydrogen-bond donors (Lipinski definition) is 1. The van der Waals surface area contributed by atoms with Crippen LogP contribution >= 0.6 is 0 Å². The van der Waals surface area contributed by atoms with Crippen molar-refractivity contribution in [1.82, 2.24) is 15.3 Å². The van der Waals surface area contributed by atoms with Crippen molar-refractivity contribution in [2.45, 2.75) is 19.3 Å². The molecule has 16 heteroatoms. The largest absolute Gasteiger partial charge is 0.377 e. The summed E-state index contributed by atoms with van der Waals surface area (Å²) in [4.78, 5) is 74.5. The maximum atomic E-state index is 11.7. The number of hydrogen-bond acceptors (Lipinski definition) is 13. The van der Waals surface area contributed by atoms with Gasteiger partial charge in [-0.2, -0.15) is 0 Å². The summed E-state index contributed by atoms with van der Waals surface area (Å²) >= 11 is 0. The highest BCUT2D eigenvalue weighted by Crippen LogP contribution is 2.12. The Kier molecular flexibility index (Phi) is 17.0. The standard InChI is InChI=1S/C25H37N3O13/c29-20(5-7-27-21(30)1-2-22(27)31)26-6-8-35-9-10-36-11-12-37-13-14-38-15-16-39-17-18-40-19-25(34)41-28-23(32)3-4-24(28)33/h1-2H,3-19H2,(H,26,29). The fourth-order valence-corrected chi connectivity index (χ4v) is 3.26. The van der Waals surface area contributed by atoms with E-state index in [0.717, 1.165) is 4.90 Å². The van der Waals surface area contributed by atoms with Crippen LogP contribution in [-0.4, -0.2) is 138 Å². The molecule has 2 aliphatic rings. The average molecular weight is 588 g/mol. The van der Waals surface area contributed by atoms with E-state index >= 15 is 0 Å². The van der Waals surface area contributed by atoms with E-state index in [9.17, 15) is 28.8 Å². The number of carbonyl (C=O) groups is 6. The van der Waals surface area contributed by atoms with E-state index in [0.29, 0.717) is 71.1 Å². The van der Waals surface area contributed by atoms with Gasteiger partial charge in [0.05, 0.1) is 72.7 Å². The topological polar surface area (TPSA) is 186 Å². The number of carbonyl (C=O) groups excluding carboxylic acids is 6. The number of ether oxygens (including phenoxy) is 6. The predicted molar refractivity (Wildman–Crippen MR) is 136 cm³/mol. The Bertz CT molecular complexity index is 877. The molecule has 0 radical (unpaired) electrons. The van der Waals surface area contributed by atoms with Crippen LogP contribution in [0.4, 0.5) is 0 Å². The zero-order chi connectivity index (χ0) is 29.7. The van der Waals surface area contributed by atoms with Crippen LogP contribution in [0.2, 0.25) is 0 Å². The average Bonchev–Trinajstić information content (AvgIpc) is 3.44. The summed E-state index contributed by atoms with van der Waals surface area (Å²) in [6, 6.07) is 0. The Hall–Kier alpha value is -3.28. The molecule has 2 aliphatic heterocycles. The highest BCUT2D eigenvalue weighted by atomic mass is 16.7. The summed E-state index contributed by atoms with van der Waals surface area (Å²) in [7, 11) is 0. The third-order valence-electron chi connectivity index (χ3n) is 5.31. The van der Waals surface area contributed by atoms with Gasteiger partial charge in [-0.1, -0.05) is 0 Å². The summed E-state index contributed by atoms with van der Waals surface area (Å²) in [6.07, 6.45) is 2.46. The van der Waals surface area contributed by atoms with Crippen LogP contribution in [0.5, 0.6) is 0 Å². The number of hydroxylamine groups is 2. The van der Waals surface area contributed by atoms with Gasteiger partial charge < -0.3 is 38.6 Å². The van der Waals surface area contributed by atoms with Gasteiger partial charge in [-0.05, 0) is 0 Å². The predicted octanol–water partition coefficient (Wildman–Crippen LogP) is -1.88. The molecule has 0 aliphatic carbocycles. The van der Waals surface area contributed by atoms with E-state index in [2.05, 4.69) is 10.2 Å². The molecular weight excluding hydrogens is 550 g/mol. The van der Waals surface area contributed by atoms with Crippen LogP contribution in [0.25, 0.3) is 0 Å². The number of amides is 5. The third kappa shape index (κ3) is 14.8. The molecule has 0 aromatic heterocycles. The van der Waals surface area contributed by atoms with Crippen molar-refractivity contribution >= 4 is 35.5 Å². The van der Waals surface area contributed by atoms with Gasteiger partial charge in [-0.15, -0.1) is 5.06 Å². The Morgan fingerprint density at radius 1 is 0.659 bits per heavy atom. The van der Waals surface area contributed by atoms with Gasteiger partial charge in [0, 0.05) is 44.5 Å². The summed E-state index contributed by atoms with van der Waals surface area (Å²) in [5.74, 6) is -3.02. The Morgan fingerprint density at radius 3 is 1.59 bits per heavy atom. The summed E-state index contributed by atoms with van der Waals surface area (Å²) in [6.45, 7) is 3.61. The molecule has 41 heavy (non-hydrogen) atoms. The van der Waals surface area contributed by atoms with Crippen molar-refractivity contribution in [1.29, 1.82) is 0 Å². The second-order valence-electron chi connectivity index (χ2n) is 8.42. The molecule has 1 fully saturated rings. The van der Waals surface area contributed by atoms with Crippen molar-refractivity contribution in [3.8, 4) is 0 Å². The van der Waals surface area contributed by atoms with Crippen LogP contribution in [0.3, 0.4) is 0 Å². The lowest BCUT2D eigenvalue weighted by atomic mass is 10.3. The molecule has 0 atom stereocenters. The minimum Gasteiger partial charge on any atom is -0.377 e. The summed E-state index contributed by atoms with van der Waals surface area (Å²) < 4.78 is 31.9. The number of nitrogens with zero attached hydrogens (tertiary/aromatic N) is 2. The fraction of sp³-hybridized carbons (Fsp3) is 0.680. The van der Waals surface area contributed by atoms with Crippen LogP contribution in [-0.2, 0) is 62.0 Å². The molecule has 16 nitrogen and oxygen atoms in total. The van der Waals surface area contributed by atoms with Crippen molar-refractivity contribution < 1.29 is 62.0 Å². The van der Waals surface area contributed by atoms with Gasteiger partial charge in [-0.3, -0.25) is 28.9 Å². The lowest BCUT2D eigenvalue weighted by molar-refractivity contribution is -0.200. The van der Waals surface area contributed by atoms with Crippen molar-refractivity contribution in [2.75, 3.05) is 92.4 Å². The minimum absolute atomic E-state index is 0.0320. The lowest BCUT2D eigenvalue weighted by Gasteiger charge is -2.13. The maximum Gasteiger partial charge on any atom is 0.358 e. The van der Waals surface area contributed by atoms with E-state index in [1.165, 1.54) is 12.2 Å². The molecule has 0 spiro atoms. The monoisotopic (exact) mass is 587 g/mol. The first-order chi connectivity index (χ1) is 19.9. The number of nitrogens with one attached hydrogen (secondary N) is 1. The van der Waals surface area contributed by atoms with Crippen molar-refractivity contribution in [3.05, 3.63) is 12.2 Å². The smallest absolute Gasteiger partial charge is 0.358 e. The van der Waals surface area contributed by atoms with Gasteiger partial charge in [0.1, 0.15) is 6.61 Å². The molecule has 5 amide bonds. The zero-order valence-corrected chi connectivity index (χ0v) is 22.9. The van der Waals surface area contributed by atoms with E-state index in [-0.39, 0.29) is 44.9 Å². The van der Waals surface area contributed by atoms with E-state index < -0.39 is 36.2 Å². The minimum atomic E-state index is -0.835. The second-order valence-corrected chi connectivity index (χ2v) is 8.42. The molecule has 0 bridgehead atoms. The van der Waals surface area contributed by atoms with Crippen LogP contribution in [0.15, 0.2) is 12.2 Å². The van der Waals surface area contributed by atoms with E-state index in [1.807, 2.05) is 0 Å². The molecule has 0 saturated carbocycles. The molecule has 230 valence electrons. The van der Waals surface area contributed by atoms with Gasteiger partial charge in [-0.25, -0.2) is 4.79 Å². The summed E-state index contributed by atoms with van der Waals surface area (Å²) in [5.41, 5.74) is 0. The molecule has 0 aromatic rings. The Labute approximate surface area is 237 Å². The molecule has 2 heterocycles. The van der Waals surface area contributed by atoms with E-state index in [1.54, 1.807) is 0 Å². The van der Waals surface area contributed by atoms with Crippen LogP contribution in [0.1, 0.15) is 19.3 Å². The molecule has 2 rings (SSSR count). The first-order valence-corrected chi connectivity index (χ1v) is 13.2. The SMILES string of the molecule is O=C(CCN1C(=O)C=CC1=O)NCCOCCOCCOCCOCCOCCOCC(=O)ON1C(=O)CCC1=O. The Balaban J connectivity index is 1.23. The first kappa shape index (κ1) is 33.9. The molecule has 1 N–H and O–H groups in total. The lowest BCUT2D eigenvalue weighted by Crippen LogP contribution is -2.35. The highest BCUT2D eigenvalue weighted by Gasteiger charge is 2.32. The van der Waals surface area contributed by atoms with Crippen LogP contribution < -0.4 is 5.32 Å². The van der Waals surface area contributed by atoms with Crippen molar-refractivity contribution in [2.24, 2.45) is 0 Å². The van der Waals surface area contributed by atoms with Crippen LogP contribution in [0, 0.1) is 0 Å². The second kappa shape index (κ2) is 20.6. The van der Waals surface area contributed by atoms with E-state index in [4.69, 9.17) is 28.4 Å². The fourth-order valence-electron chi connectivity index (χ4n) is 3.26. The summed E-state index contributed by atoms with van der Waals surface area (Å²) in [5, 5.41) is 3.12. The number of rotatable bonds is 24. The maximum absolute atomic E-state index is 11.7.